The van der Waals surface area contributed by atoms with Crippen molar-refractivity contribution in [2.45, 2.75) is 64.4 Å². The zero-order valence-corrected chi connectivity index (χ0v) is 10.9. The molecule has 0 aromatic rings. The summed E-state index contributed by atoms with van der Waals surface area (Å²) in [6, 6.07) is 0. The summed E-state index contributed by atoms with van der Waals surface area (Å²) in [7, 11) is 0. The van der Waals surface area contributed by atoms with E-state index >= 15 is 0 Å². The van der Waals surface area contributed by atoms with Gasteiger partial charge in [0, 0.05) is 19.3 Å². The summed E-state index contributed by atoms with van der Waals surface area (Å²) in [6.45, 7) is 4.30. The third-order valence-corrected chi connectivity index (χ3v) is 2.72. The molecule has 0 heterocycles. The van der Waals surface area contributed by atoms with E-state index < -0.39 is 11.8 Å². The minimum atomic E-state index is -0.592. The lowest BCUT2D eigenvalue weighted by Gasteiger charge is -2.09. The Hall–Kier alpha value is -1.17. The average molecular weight is 238 g/mol. The largest absolute Gasteiger partial charge is 0.509 e. The van der Waals surface area contributed by atoms with Crippen molar-refractivity contribution < 1.29 is 14.3 Å². The van der Waals surface area contributed by atoms with E-state index in [1.807, 2.05) is 0 Å². The molecule has 3 heteroatoms. The Morgan fingerprint density at radius 1 is 1.24 bits per heavy atom. The fourth-order valence-corrected chi connectivity index (χ4v) is 1.54. The lowest BCUT2D eigenvalue weighted by atomic mass is 10.1. The van der Waals surface area contributed by atoms with Crippen LogP contribution in [0.5, 0.6) is 0 Å². The van der Waals surface area contributed by atoms with E-state index in [4.69, 9.17) is 9.47 Å². The summed E-state index contributed by atoms with van der Waals surface area (Å²) >= 11 is 0. The highest BCUT2D eigenvalue weighted by molar-refractivity contribution is 5.62. The molecular formula is C14H22O3. The molecule has 0 radical (unpaired) electrons. The highest BCUT2D eigenvalue weighted by atomic mass is 16.7. The van der Waals surface area contributed by atoms with Crippen LogP contribution in [-0.4, -0.2) is 18.4 Å². The first-order valence-corrected chi connectivity index (χ1v) is 6.58. The van der Waals surface area contributed by atoms with Gasteiger partial charge in [-0.25, -0.2) is 4.79 Å². The van der Waals surface area contributed by atoms with Crippen LogP contribution in [0, 0.1) is 11.8 Å². The second-order valence-corrected chi connectivity index (χ2v) is 4.39. The Balaban J connectivity index is 2.20. The summed E-state index contributed by atoms with van der Waals surface area (Å²) in [4.78, 5) is 11.2. The second-order valence-electron chi connectivity index (χ2n) is 4.39. The van der Waals surface area contributed by atoms with Gasteiger partial charge >= 0.3 is 6.16 Å². The number of unbranched alkanes of at least 4 members (excludes halogenated alkanes) is 4. The van der Waals surface area contributed by atoms with Crippen molar-refractivity contribution in [3.8, 4) is 11.8 Å². The van der Waals surface area contributed by atoms with Gasteiger partial charge in [0.15, 0.2) is 5.60 Å². The molecule has 0 saturated heterocycles. The first-order valence-electron chi connectivity index (χ1n) is 6.58. The topological polar surface area (TPSA) is 35.5 Å². The van der Waals surface area contributed by atoms with E-state index in [2.05, 4.69) is 18.8 Å². The Kier molecular flexibility index (Phi) is 5.90. The maximum absolute atomic E-state index is 11.2. The van der Waals surface area contributed by atoms with Crippen LogP contribution in [0.3, 0.4) is 0 Å². The average Bonchev–Trinajstić information content (AvgIpc) is 3.04. The third-order valence-electron chi connectivity index (χ3n) is 2.72. The van der Waals surface area contributed by atoms with Crippen LogP contribution in [-0.2, 0) is 9.47 Å². The van der Waals surface area contributed by atoms with Gasteiger partial charge in [-0.15, -0.1) is 0 Å². The van der Waals surface area contributed by atoms with E-state index in [0.717, 1.165) is 25.7 Å². The van der Waals surface area contributed by atoms with E-state index in [-0.39, 0.29) is 0 Å². The van der Waals surface area contributed by atoms with Gasteiger partial charge in [-0.1, -0.05) is 38.0 Å². The zero-order valence-electron chi connectivity index (χ0n) is 10.9. The molecule has 96 valence electrons. The smallest absolute Gasteiger partial charge is 0.435 e. The molecule has 1 fully saturated rings. The fourth-order valence-electron chi connectivity index (χ4n) is 1.54. The van der Waals surface area contributed by atoms with Crippen molar-refractivity contribution in [1.82, 2.24) is 0 Å². The van der Waals surface area contributed by atoms with Crippen LogP contribution in [0.15, 0.2) is 0 Å². The number of ether oxygens (including phenoxy) is 2. The maximum atomic E-state index is 11.2. The van der Waals surface area contributed by atoms with Crippen LogP contribution in [0.4, 0.5) is 4.79 Å². The number of carbonyl (C=O) groups is 1. The van der Waals surface area contributed by atoms with Crippen molar-refractivity contribution in [3.63, 3.8) is 0 Å². The minimum absolute atomic E-state index is 0.347. The molecule has 0 N–H and O–H groups in total. The number of carbonyl (C=O) groups excluding carboxylic acids is 1. The molecule has 0 bridgehead atoms. The summed E-state index contributed by atoms with van der Waals surface area (Å²) in [5, 5.41) is 0. The highest BCUT2D eigenvalue weighted by Gasteiger charge is 2.46. The van der Waals surface area contributed by atoms with Crippen molar-refractivity contribution in [3.05, 3.63) is 0 Å². The second kappa shape index (κ2) is 7.21. The van der Waals surface area contributed by atoms with Gasteiger partial charge in [-0.05, 0) is 13.3 Å². The van der Waals surface area contributed by atoms with Crippen LogP contribution in [0.25, 0.3) is 0 Å². The van der Waals surface area contributed by atoms with Gasteiger partial charge in [0.1, 0.15) is 0 Å². The molecule has 1 aliphatic rings. The van der Waals surface area contributed by atoms with Crippen molar-refractivity contribution in [2.75, 3.05) is 6.61 Å². The molecule has 1 rings (SSSR count). The third kappa shape index (κ3) is 5.63. The Bertz CT molecular complexity index is 294. The van der Waals surface area contributed by atoms with Crippen molar-refractivity contribution >= 4 is 6.16 Å². The van der Waals surface area contributed by atoms with Crippen LogP contribution < -0.4 is 0 Å². The molecule has 0 aromatic carbocycles. The fraction of sp³-hybridized carbons (Fsp3) is 0.786. The first kappa shape index (κ1) is 13.9. The van der Waals surface area contributed by atoms with Gasteiger partial charge in [0.2, 0.25) is 0 Å². The molecule has 1 aliphatic carbocycles. The van der Waals surface area contributed by atoms with Crippen LogP contribution in [0.1, 0.15) is 58.8 Å². The monoisotopic (exact) mass is 238 g/mol. The van der Waals surface area contributed by atoms with Gasteiger partial charge in [0.05, 0.1) is 6.61 Å². The number of rotatable bonds is 6. The van der Waals surface area contributed by atoms with Crippen molar-refractivity contribution in [2.24, 2.45) is 0 Å². The lowest BCUT2D eigenvalue weighted by Crippen LogP contribution is -2.18. The maximum Gasteiger partial charge on any atom is 0.509 e. The SMILES string of the molecule is CCCCCCC#CC1(OC(=O)OCC)CC1. The van der Waals surface area contributed by atoms with E-state index in [0.29, 0.717) is 6.61 Å². The van der Waals surface area contributed by atoms with Gasteiger partial charge in [0.25, 0.3) is 0 Å². The molecule has 0 unspecified atom stereocenters. The molecule has 0 amide bonds. The Labute approximate surface area is 104 Å². The predicted octanol–water partition coefficient (Wildman–Crippen LogP) is 3.67. The predicted molar refractivity (Wildman–Crippen MR) is 66.6 cm³/mol. The first-order chi connectivity index (χ1) is 8.22. The molecule has 1 saturated carbocycles. The molecule has 17 heavy (non-hydrogen) atoms. The summed E-state index contributed by atoms with van der Waals surface area (Å²) < 4.78 is 9.93. The Morgan fingerprint density at radius 3 is 2.59 bits per heavy atom. The van der Waals surface area contributed by atoms with E-state index in [9.17, 15) is 4.79 Å². The molecule has 0 aromatic heterocycles. The van der Waals surface area contributed by atoms with Gasteiger partial charge < -0.3 is 9.47 Å². The highest BCUT2D eigenvalue weighted by Crippen LogP contribution is 2.39. The van der Waals surface area contributed by atoms with Crippen molar-refractivity contribution in [1.29, 1.82) is 0 Å². The Morgan fingerprint density at radius 2 is 2.00 bits per heavy atom. The normalized spacial score (nSPS) is 15.6. The number of hydrogen-bond acceptors (Lipinski definition) is 3. The molecule has 3 nitrogen and oxygen atoms in total. The quantitative estimate of drug-likeness (QED) is 0.402. The van der Waals surface area contributed by atoms with E-state index in [1.165, 1.54) is 19.3 Å². The molecule has 0 aliphatic heterocycles. The minimum Gasteiger partial charge on any atom is -0.435 e. The van der Waals surface area contributed by atoms with Gasteiger partial charge in [-0.3, -0.25) is 0 Å². The van der Waals surface area contributed by atoms with Crippen LogP contribution >= 0.6 is 0 Å². The summed E-state index contributed by atoms with van der Waals surface area (Å²) in [5.74, 6) is 6.18. The molecular weight excluding hydrogens is 216 g/mol. The molecule has 0 spiro atoms. The van der Waals surface area contributed by atoms with E-state index in [1.54, 1.807) is 6.92 Å². The lowest BCUT2D eigenvalue weighted by molar-refractivity contribution is 0.0352. The van der Waals surface area contributed by atoms with Crippen LogP contribution in [0.2, 0.25) is 0 Å². The van der Waals surface area contributed by atoms with Gasteiger partial charge in [-0.2, -0.15) is 0 Å². The molecule has 0 atom stereocenters. The summed E-state index contributed by atoms with van der Waals surface area (Å²) in [5.41, 5.74) is -0.517. The standard InChI is InChI=1S/C14H22O3/c1-3-5-6-7-8-9-10-14(11-12-14)17-13(15)16-4-2/h3-8,11-12H2,1-2H3. The zero-order chi connectivity index (χ0) is 12.6. The summed E-state index contributed by atoms with van der Waals surface area (Å²) in [6.07, 6.45) is 6.86. The number of hydrogen-bond donors (Lipinski definition) is 0.